The van der Waals surface area contributed by atoms with E-state index in [1.54, 1.807) is 0 Å². The van der Waals surface area contributed by atoms with E-state index in [4.69, 9.17) is 0 Å². The van der Waals surface area contributed by atoms with Crippen molar-refractivity contribution in [3.05, 3.63) is 29.8 Å². The van der Waals surface area contributed by atoms with Crippen LogP contribution >= 0.6 is 0 Å². The van der Waals surface area contributed by atoms with Gasteiger partial charge < -0.3 is 10.2 Å². The molecule has 2 atom stereocenters. The minimum Gasteiger partial charge on any atom is -0.372 e. The number of nitrogens with zero attached hydrogens (tertiary/aromatic N) is 1. The molecule has 0 heterocycles. The summed E-state index contributed by atoms with van der Waals surface area (Å²) in [6.45, 7) is 14.3. The normalized spacial score (nSPS) is 14.2. The first-order valence-electron chi connectivity index (χ1n) is 7.69. The Bertz CT molecular complexity index is 341. The van der Waals surface area contributed by atoms with Crippen molar-refractivity contribution in [2.45, 2.75) is 53.6 Å². The maximum absolute atomic E-state index is 3.61. The van der Waals surface area contributed by atoms with Crippen LogP contribution in [0.15, 0.2) is 24.3 Å². The first-order chi connectivity index (χ1) is 9.12. The summed E-state index contributed by atoms with van der Waals surface area (Å²) in [7, 11) is 0. The van der Waals surface area contributed by atoms with Crippen molar-refractivity contribution >= 4 is 5.69 Å². The molecule has 108 valence electrons. The lowest BCUT2D eigenvalue weighted by Gasteiger charge is -2.22. The topological polar surface area (TPSA) is 15.3 Å². The average molecular weight is 262 g/mol. The van der Waals surface area contributed by atoms with Crippen LogP contribution in [0.5, 0.6) is 0 Å². The highest BCUT2D eigenvalue weighted by Crippen LogP contribution is 2.15. The zero-order valence-corrected chi connectivity index (χ0v) is 13.2. The summed E-state index contributed by atoms with van der Waals surface area (Å²) in [5.41, 5.74) is 2.69. The monoisotopic (exact) mass is 262 g/mol. The molecule has 1 aromatic rings. The van der Waals surface area contributed by atoms with Gasteiger partial charge in [0.25, 0.3) is 0 Å². The van der Waals surface area contributed by atoms with Crippen LogP contribution < -0.4 is 10.2 Å². The Morgan fingerprint density at radius 3 is 2.05 bits per heavy atom. The van der Waals surface area contributed by atoms with E-state index in [9.17, 15) is 0 Å². The number of benzene rings is 1. The maximum Gasteiger partial charge on any atom is 0.0366 e. The molecule has 0 aliphatic carbocycles. The van der Waals surface area contributed by atoms with Crippen LogP contribution in [0.1, 0.15) is 46.6 Å². The molecule has 1 rings (SSSR count). The van der Waals surface area contributed by atoms with Crippen molar-refractivity contribution in [1.82, 2.24) is 5.32 Å². The third kappa shape index (κ3) is 4.87. The quantitative estimate of drug-likeness (QED) is 0.760. The summed E-state index contributed by atoms with van der Waals surface area (Å²) in [5, 5.41) is 3.61. The van der Waals surface area contributed by atoms with E-state index >= 15 is 0 Å². The molecule has 0 radical (unpaired) electrons. The lowest BCUT2D eigenvalue weighted by Crippen LogP contribution is -2.31. The van der Waals surface area contributed by atoms with Crippen molar-refractivity contribution in [2.75, 3.05) is 18.0 Å². The molecule has 1 N–H and O–H groups in total. The van der Waals surface area contributed by atoms with E-state index in [1.807, 2.05) is 0 Å². The molecule has 0 bridgehead atoms. The van der Waals surface area contributed by atoms with Crippen LogP contribution in [0.25, 0.3) is 0 Å². The first-order valence-corrected chi connectivity index (χ1v) is 7.69. The standard InChI is InChI=1S/C17H30N2/c1-6-14(4)15(5)18-13-16-9-11-17(12-10-16)19(7-2)8-3/h9-12,14-15,18H,6-8,13H2,1-5H3. The summed E-state index contributed by atoms with van der Waals surface area (Å²) in [5.74, 6) is 0.731. The van der Waals surface area contributed by atoms with Gasteiger partial charge in [-0.15, -0.1) is 0 Å². The van der Waals surface area contributed by atoms with Gasteiger partial charge in [0.05, 0.1) is 0 Å². The highest BCUT2D eigenvalue weighted by molar-refractivity contribution is 5.47. The molecule has 1 aromatic carbocycles. The number of nitrogens with one attached hydrogen (secondary N) is 1. The molecule has 0 saturated carbocycles. The van der Waals surface area contributed by atoms with Gasteiger partial charge in [-0.2, -0.15) is 0 Å². The van der Waals surface area contributed by atoms with Gasteiger partial charge in [0.15, 0.2) is 0 Å². The van der Waals surface area contributed by atoms with Gasteiger partial charge >= 0.3 is 0 Å². The third-order valence-corrected chi connectivity index (χ3v) is 4.19. The molecule has 2 heteroatoms. The molecular weight excluding hydrogens is 232 g/mol. The van der Waals surface area contributed by atoms with Gasteiger partial charge in [-0.1, -0.05) is 32.4 Å². The second-order valence-electron chi connectivity index (χ2n) is 5.39. The van der Waals surface area contributed by atoms with E-state index in [-0.39, 0.29) is 0 Å². The van der Waals surface area contributed by atoms with Crippen molar-refractivity contribution in [2.24, 2.45) is 5.92 Å². The summed E-state index contributed by atoms with van der Waals surface area (Å²) in [4.78, 5) is 2.37. The summed E-state index contributed by atoms with van der Waals surface area (Å²) >= 11 is 0. The van der Waals surface area contributed by atoms with Crippen molar-refractivity contribution in [3.8, 4) is 0 Å². The zero-order valence-electron chi connectivity index (χ0n) is 13.2. The van der Waals surface area contributed by atoms with E-state index in [0.29, 0.717) is 6.04 Å². The Hall–Kier alpha value is -1.02. The Balaban J connectivity index is 2.53. The molecule has 2 unspecified atom stereocenters. The maximum atomic E-state index is 3.61. The molecular formula is C17H30N2. The van der Waals surface area contributed by atoms with Gasteiger partial charge in [-0.05, 0) is 44.4 Å². The fourth-order valence-electron chi connectivity index (χ4n) is 2.25. The number of hydrogen-bond donors (Lipinski definition) is 1. The van der Waals surface area contributed by atoms with Crippen LogP contribution in [0, 0.1) is 5.92 Å². The second-order valence-corrected chi connectivity index (χ2v) is 5.39. The van der Waals surface area contributed by atoms with Crippen LogP contribution in [-0.2, 0) is 6.54 Å². The molecule has 2 nitrogen and oxygen atoms in total. The lowest BCUT2D eigenvalue weighted by molar-refractivity contribution is 0.389. The fourth-order valence-corrected chi connectivity index (χ4v) is 2.25. The second kappa shape index (κ2) is 8.21. The third-order valence-electron chi connectivity index (χ3n) is 4.19. The van der Waals surface area contributed by atoms with Crippen LogP contribution in [-0.4, -0.2) is 19.1 Å². The van der Waals surface area contributed by atoms with Crippen LogP contribution in [0.3, 0.4) is 0 Å². The molecule has 0 fully saturated rings. The predicted molar refractivity (Wildman–Crippen MR) is 85.8 cm³/mol. The molecule has 0 amide bonds. The Kier molecular flexibility index (Phi) is 6.93. The van der Waals surface area contributed by atoms with Gasteiger partial charge in [-0.3, -0.25) is 0 Å². The minimum absolute atomic E-state index is 0.576. The zero-order chi connectivity index (χ0) is 14.3. The van der Waals surface area contributed by atoms with Gasteiger partial charge in [0.2, 0.25) is 0 Å². The largest absolute Gasteiger partial charge is 0.372 e. The van der Waals surface area contributed by atoms with Gasteiger partial charge in [-0.25, -0.2) is 0 Å². The number of rotatable bonds is 8. The highest BCUT2D eigenvalue weighted by Gasteiger charge is 2.09. The Morgan fingerprint density at radius 1 is 1.00 bits per heavy atom. The van der Waals surface area contributed by atoms with Gasteiger partial charge in [0, 0.05) is 31.4 Å². The first kappa shape index (κ1) is 16.0. The predicted octanol–water partition coefficient (Wildman–Crippen LogP) is 4.06. The van der Waals surface area contributed by atoms with E-state index in [1.165, 1.54) is 17.7 Å². The molecule has 0 aliphatic heterocycles. The van der Waals surface area contributed by atoms with E-state index in [2.05, 4.69) is 69.1 Å². The van der Waals surface area contributed by atoms with Crippen LogP contribution in [0.4, 0.5) is 5.69 Å². The van der Waals surface area contributed by atoms with Crippen molar-refractivity contribution in [1.29, 1.82) is 0 Å². The number of anilines is 1. The SMILES string of the molecule is CCC(C)C(C)NCc1ccc(N(CC)CC)cc1. The van der Waals surface area contributed by atoms with Crippen molar-refractivity contribution in [3.63, 3.8) is 0 Å². The smallest absolute Gasteiger partial charge is 0.0366 e. The summed E-state index contributed by atoms with van der Waals surface area (Å²) in [6, 6.07) is 9.52. The summed E-state index contributed by atoms with van der Waals surface area (Å²) in [6.07, 6.45) is 1.23. The highest BCUT2D eigenvalue weighted by atomic mass is 15.1. The fraction of sp³-hybridized carbons (Fsp3) is 0.647. The van der Waals surface area contributed by atoms with Crippen molar-refractivity contribution < 1.29 is 0 Å². The average Bonchev–Trinajstić information content (AvgIpc) is 2.46. The van der Waals surface area contributed by atoms with Crippen LogP contribution in [0.2, 0.25) is 0 Å². The molecule has 19 heavy (non-hydrogen) atoms. The Labute approximate surface area is 119 Å². The Morgan fingerprint density at radius 2 is 1.58 bits per heavy atom. The van der Waals surface area contributed by atoms with E-state index in [0.717, 1.165) is 25.6 Å². The van der Waals surface area contributed by atoms with E-state index < -0.39 is 0 Å². The summed E-state index contributed by atoms with van der Waals surface area (Å²) < 4.78 is 0. The lowest BCUT2D eigenvalue weighted by atomic mass is 10.0. The minimum atomic E-state index is 0.576. The molecule has 0 spiro atoms. The number of hydrogen-bond acceptors (Lipinski definition) is 2. The molecule has 0 aliphatic rings. The molecule has 0 aromatic heterocycles. The van der Waals surface area contributed by atoms with Gasteiger partial charge in [0.1, 0.15) is 0 Å². The molecule has 0 saturated heterocycles.